The molecule has 15 heteroatoms. The number of hydrogen-bond acceptors (Lipinski definition) is 5. The Hall–Kier alpha value is -3.17. The fraction of sp³-hybridized carbons (Fsp3) is 0.697. The van der Waals surface area contributed by atoms with Crippen LogP contribution in [0.4, 0.5) is 13.6 Å². The first-order chi connectivity index (χ1) is 22.1. The number of benzene rings is 1. The molecule has 270 valence electrons. The van der Waals surface area contributed by atoms with Crippen molar-refractivity contribution in [3.63, 3.8) is 0 Å². The van der Waals surface area contributed by atoms with Gasteiger partial charge in [-0.3, -0.25) is 14.4 Å². The van der Waals surface area contributed by atoms with Crippen LogP contribution in [0.15, 0.2) is 24.3 Å². The molecule has 12 nitrogen and oxygen atoms in total. The van der Waals surface area contributed by atoms with E-state index < -0.39 is 82.0 Å². The Balaban J connectivity index is 1.73. The predicted molar refractivity (Wildman–Crippen MR) is 180 cm³/mol. The molecule has 48 heavy (non-hydrogen) atoms. The number of carbonyl (C=O) groups excluding carboxylic acids is 4. The fourth-order valence-corrected chi connectivity index (χ4v) is 6.46. The normalized spacial score (nSPS) is 21.2. The summed E-state index contributed by atoms with van der Waals surface area (Å²) in [5.41, 5.74) is 0.679. The molecule has 0 radical (unpaired) electrons. The number of likely N-dealkylation sites (tertiary alicyclic amines) is 1. The highest BCUT2D eigenvalue weighted by Gasteiger charge is 2.43. The maximum atomic E-state index is 14.0. The first-order valence-corrected chi connectivity index (χ1v) is 18.2. The third-order valence-corrected chi connectivity index (χ3v) is 10.4. The molecule has 1 aliphatic heterocycles. The zero-order chi connectivity index (χ0) is 36.2. The zero-order valence-corrected chi connectivity index (χ0v) is 30.1. The topological polar surface area (TPSA) is 160 Å². The second kappa shape index (κ2) is 15.6. The van der Waals surface area contributed by atoms with E-state index in [0.29, 0.717) is 12.8 Å². The van der Waals surface area contributed by atoms with Crippen molar-refractivity contribution in [2.75, 3.05) is 26.4 Å². The molecule has 0 saturated carbocycles. The number of likely N-dealkylation sites (N-methyl/N-ethyl adjacent to an activating group) is 1. The zero-order valence-electron chi connectivity index (χ0n) is 29.3. The number of carbonyl (C=O) groups is 4. The Bertz CT molecular complexity index is 1380. The van der Waals surface area contributed by atoms with E-state index in [1.54, 1.807) is 20.8 Å². The van der Waals surface area contributed by atoms with E-state index in [9.17, 15) is 36.7 Å². The van der Waals surface area contributed by atoms with Crippen molar-refractivity contribution in [3.05, 3.63) is 35.4 Å². The third-order valence-electron chi connectivity index (χ3n) is 9.09. The SMILES string of the molecule is CN(C[C@@H](NC(=O)N[C@H](C(=O)N1CCC[C@H]1C(=O)N[C@@H](CC(F)F)C(=O)NC1CCc2ccccc21)C(C)(C)C)C(C)(C)C)[S+](C)(=O)O. The van der Waals surface area contributed by atoms with E-state index in [0.717, 1.165) is 17.5 Å². The predicted octanol–water partition coefficient (Wildman–Crippen LogP) is 3.50. The van der Waals surface area contributed by atoms with Crippen molar-refractivity contribution in [2.45, 2.75) is 110 Å². The molecular weight excluding hydrogens is 646 g/mol. The quantitative estimate of drug-likeness (QED) is 0.210. The van der Waals surface area contributed by atoms with Gasteiger partial charge in [-0.1, -0.05) is 70.1 Å². The van der Waals surface area contributed by atoms with E-state index in [1.165, 1.54) is 22.5 Å². The monoisotopic (exact) mass is 699 g/mol. The number of nitrogens with zero attached hydrogens (tertiary/aromatic N) is 2. The van der Waals surface area contributed by atoms with Crippen LogP contribution in [0.25, 0.3) is 0 Å². The van der Waals surface area contributed by atoms with Crippen molar-refractivity contribution in [2.24, 2.45) is 10.8 Å². The smallest absolute Gasteiger partial charge is 0.315 e. The minimum absolute atomic E-state index is 0.0614. The Morgan fingerprint density at radius 3 is 2.25 bits per heavy atom. The van der Waals surface area contributed by atoms with Gasteiger partial charge in [-0.25, -0.2) is 13.6 Å². The maximum absolute atomic E-state index is 14.0. The molecule has 0 bridgehead atoms. The van der Waals surface area contributed by atoms with E-state index in [4.69, 9.17) is 0 Å². The number of rotatable bonds is 12. The van der Waals surface area contributed by atoms with Crippen molar-refractivity contribution < 1.29 is 36.7 Å². The van der Waals surface area contributed by atoms with Gasteiger partial charge in [0.1, 0.15) is 18.1 Å². The average molecular weight is 700 g/mol. The molecule has 1 saturated heterocycles. The number of nitrogens with one attached hydrogen (secondary N) is 4. The van der Waals surface area contributed by atoms with Crippen LogP contribution in [-0.4, -0.2) is 94.5 Å². The minimum Gasteiger partial charge on any atom is -0.347 e. The second-order valence-electron chi connectivity index (χ2n) is 15.1. The summed E-state index contributed by atoms with van der Waals surface area (Å²) in [6.07, 6.45) is -0.475. The molecule has 3 rings (SSSR count). The lowest BCUT2D eigenvalue weighted by molar-refractivity contribution is -0.142. The van der Waals surface area contributed by atoms with E-state index in [-0.39, 0.29) is 25.6 Å². The molecule has 1 aromatic carbocycles. The van der Waals surface area contributed by atoms with E-state index >= 15 is 0 Å². The van der Waals surface area contributed by atoms with Crippen molar-refractivity contribution in [1.29, 1.82) is 0 Å². The molecule has 0 aromatic heterocycles. The Labute approximate surface area is 283 Å². The molecule has 6 atom stereocenters. The lowest BCUT2D eigenvalue weighted by Crippen LogP contribution is -2.62. The van der Waals surface area contributed by atoms with Crippen molar-refractivity contribution in [1.82, 2.24) is 30.5 Å². The number of amides is 5. The Morgan fingerprint density at radius 1 is 1.02 bits per heavy atom. The molecule has 0 spiro atoms. The van der Waals surface area contributed by atoms with Gasteiger partial charge >= 0.3 is 6.03 Å². The first kappa shape index (κ1) is 39.3. The van der Waals surface area contributed by atoms with Gasteiger partial charge in [0.25, 0.3) is 10.4 Å². The van der Waals surface area contributed by atoms with Gasteiger partial charge in [0.15, 0.2) is 6.26 Å². The van der Waals surface area contributed by atoms with Gasteiger partial charge in [0.2, 0.25) is 24.1 Å². The number of urea groups is 1. The summed E-state index contributed by atoms with van der Waals surface area (Å²) in [6.45, 7) is 11.2. The van der Waals surface area contributed by atoms with Gasteiger partial charge < -0.3 is 26.2 Å². The third kappa shape index (κ3) is 10.4. The Morgan fingerprint density at radius 2 is 1.67 bits per heavy atom. The molecule has 5 amide bonds. The summed E-state index contributed by atoms with van der Waals surface area (Å²) in [6, 6.07) is 2.38. The largest absolute Gasteiger partial charge is 0.347 e. The fourth-order valence-electron chi connectivity index (χ4n) is 6.04. The molecule has 2 aliphatic rings. The lowest BCUT2D eigenvalue weighted by atomic mass is 9.85. The number of alkyl halides is 2. The Kier molecular flexibility index (Phi) is 12.7. The summed E-state index contributed by atoms with van der Waals surface area (Å²) in [7, 11) is -1.80. The van der Waals surface area contributed by atoms with Gasteiger partial charge in [-0.2, -0.15) is 4.55 Å². The van der Waals surface area contributed by atoms with Gasteiger partial charge in [-0.05, 0) is 51.8 Å². The van der Waals surface area contributed by atoms with Crippen LogP contribution >= 0.6 is 0 Å². The maximum Gasteiger partial charge on any atom is 0.315 e. The number of halogens is 2. The summed E-state index contributed by atoms with van der Waals surface area (Å²) in [5.74, 6) is -1.95. The highest BCUT2D eigenvalue weighted by Crippen LogP contribution is 2.31. The highest BCUT2D eigenvalue weighted by molar-refractivity contribution is 7.94. The first-order valence-electron chi connectivity index (χ1n) is 16.4. The molecule has 1 fully saturated rings. The summed E-state index contributed by atoms with van der Waals surface area (Å²) >= 11 is 0. The number of aryl methyl sites for hydroxylation is 1. The summed E-state index contributed by atoms with van der Waals surface area (Å²) in [4.78, 5) is 55.4. The van der Waals surface area contributed by atoms with Crippen molar-refractivity contribution >= 4 is 34.2 Å². The van der Waals surface area contributed by atoms with Gasteiger partial charge in [0.05, 0.1) is 18.6 Å². The van der Waals surface area contributed by atoms with Gasteiger partial charge in [-0.15, -0.1) is 0 Å². The molecule has 1 aliphatic carbocycles. The molecule has 1 aromatic rings. The summed E-state index contributed by atoms with van der Waals surface area (Å²) < 4.78 is 50.6. The standard InChI is InChI=1S/C33H52F2N6O6S/c1-32(2,3)25(19-40(7)48(8,46)47)38-31(45)39-27(33(4,5)6)30(44)41-17-11-14-24(41)29(43)37-23(18-26(34)35)28(42)36-22-16-15-20-12-9-10-13-21(20)22/h9-10,12-13,22-27H,11,14-19H2,1-8H3,(H4-,36,37,38,39,42,43,45,46,47)/p+1/t22?,23-,24-,25+,27+/m0/s1. The van der Waals surface area contributed by atoms with Crippen LogP contribution < -0.4 is 21.3 Å². The minimum atomic E-state index is -3.27. The van der Waals surface area contributed by atoms with Crippen LogP contribution in [0.1, 0.15) is 84.4 Å². The van der Waals surface area contributed by atoms with Crippen LogP contribution in [0.5, 0.6) is 0 Å². The van der Waals surface area contributed by atoms with Crippen molar-refractivity contribution in [3.8, 4) is 0 Å². The van der Waals surface area contributed by atoms with Crippen LogP contribution in [0.2, 0.25) is 0 Å². The van der Waals surface area contributed by atoms with E-state index in [1.807, 2.05) is 45.0 Å². The molecule has 1 heterocycles. The van der Waals surface area contributed by atoms with Crippen LogP contribution in [-0.2, 0) is 35.4 Å². The molecular formula is C33H53F2N6O6S+. The van der Waals surface area contributed by atoms with Crippen LogP contribution in [0, 0.1) is 10.8 Å². The number of hydrogen-bond donors (Lipinski definition) is 5. The molecule has 2 unspecified atom stereocenters. The van der Waals surface area contributed by atoms with E-state index in [2.05, 4.69) is 21.3 Å². The molecule has 5 N–H and O–H groups in total. The average Bonchev–Trinajstić information content (AvgIpc) is 3.61. The lowest BCUT2D eigenvalue weighted by Gasteiger charge is -2.37. The highest BCUT2D eigenvalue weighted by atomic mass is 32.3. The van der Waals surface area contributed by atoms with Gasteiger partial charge in [0, 0.05) is 20.0 Å². The summed E-state index contributed by atoms with van der Waals surface area (Å²) in [5, 5.41) is 10.9. The number of fused-ring (bicyclic) bond motifs is 1. The van der Waals surface area contributed by atoms with Crippen LogP contribution in [0.3, 0.4) is 0 Å². The second-order valence-corrected chi connectivity index (χ2v) is 17.2.